The van der Waals surface area contributed by atoms with Gasteiger partial charge in [-0.1, -0.05) is 11.8 Å². The summed E-state index contributed by atoms with van der Waals surface area (Å²) < 4.78 is 26.2. The normalized spacial score (nSPS) is 19.6. The highest BCUT2D eigenvalue weighted by molar-refractivity contribution is 7.90. The maximum Gasteiger partial charge on any atom is 0.256 e. The zero-order valence-electron chi connectivity index (χ0n) is 28.3. The third-order valence-electron chi connectivity index (χ3n) is 9.87. The first-order valence-electron chi connectivity index (χ1n) is 17.6. The molecule has 0 radical (unpaired) electrons. The van der Waals surface area contributed by atoms with Gasteiger partial charge in [0.15, 0.2) is 5.82 Å². The molecule has 2 saturated carbocycles. The molecule has 1 aliphatic heterocycles. The van der Waals surface area contributed by atoms with Crippen LogP contribution in [0.5, 0.6) is 0 Å². The molecule has 51 heavy (non-hydrogen) atoms. The van der Waals surface area contributed by atoms with E-state index >= 15 is 0 Å². The maximum absolute atomic E-state index is 12.9. The SMILES string of the molecule is O=C(c1ccc(C#Cc2cnc(Nc3ccnc(-c4cnn(S(=O)(=O)C5CC5)c4)n3)cc2NCC2CCC(CO)CC2)cc1)N1CCC(O)CC1. The minimum absolute atomic E-state index is 0.0411. The standard InChI is InChI=1S/C37H42N8O5S/c46-24-27-3-1-26(2-4-27)20-39-33-19-35(42-34-13-16-38-36(43-34)30-22-41-45(23-30)51(49,50)32-11-12-32)40-21-29(33)10-7-25-5-8-28(9-6-25)37(48)44-17-14-31(47)15-18-44/h5-6,8-9,13,16,19,21-23,26-27,31-32,46-47H,1-4,11-12,14-15,17-18,20,24H2,(H2,38,39,40,42,43). The van der Waals surface area contributed by atoms with Crippen molar-refractivity contribution in [1.29, 1.82) is 0 Å². The Morgan fingerprint density at radius 2 is 1.65 bits per heavy atom. The predicted molar refractivity (Wildman–Crippen MR) is 193 cm³/mol. The topological polar surface area (TPSA) is 175 Å². The van der Waals surface area contributed by atoms with E-state index in [0.29, 0.717) is 84.8 Å². The largest absolute Gasteiger partial charge is 0.396 e. The Morgan fingerprint density at radius 3 is 2.37 bits per heavy atom. The number of likely N-dealkylation sites (tertiary alicyclic amines) is 1. The summed E-state index contributed by atoms with van der Waals surface area (Å²) in [5, 5.41) is 29.9. The predicted octanol–water partition coefficient (Wildman–Crippen LogP) is 4.03. The van der Waals surface area contributed by atoms with Crippen molar-refractivity contribution >= 4 is 33.3 Å². The first kappa shape index (κ1) is 34.6. The van der Waals surface area contributed by atoms with Gasteiger partial charge < -0.3 is 25.7 Å². The van der Waals surface area contributed by atoms with Crippen molar-refractivity contribution in [3.8, 4) is 23.2 Å². The lowest BCUT2D eigenvalue weighted by molar-refractivity contribution is 0.0546. The first-order valence-corrected chi connectivity index (χ1v) is 19.1. The molecule has 1 amide bonds. The van der Waals surface area contributed by atoms with E-state index in [1.54, 1.807) is 35.5 Å². The summed E-state index contributed by atoms with van der Waals surface area (Å²) in [6, 6.07) is 10.9. The maximum atomic E-state index is 12.9. The van der Waals surface area contributed by atoms with Gasteiger partial charge in [-0.15, -0.1) is 0 Å². The minimum Gasteiger partial charge on any atom is -0.396 e. The molecule has 4 aromatic rings. The quantitative estimate of drug-likeness (QED) is 0.175. The molecule has 2 aliphatic carbocycles. The molecule has 3 fully saturated rings. The van der Waals surface area contributed by atoms with Gasteiger partial charge in [0.1, 0.15) is 11.6 Å². The molecule has 13 nitrogen and oxygen atoms in total. The Labute approximate surface area is 297 Å². The van der Waals surface area contributed by atoms with Gasteiger partial charge in [0.2, 0.25) is 0 Å². The van der Waals surface area contributed by atoms with Gasteiger partial charge in [-0.05, 0) is 93.5 Å². The Kier molecular flexibility index (Phi) is 10.3. The monoisotopic (exact) mass is 710 g/mol. The Balaban J connectivity index is 1.08. The second-order valence-corrected chi connectivity index (χ2v) is 15.7. The van der Waals surface area contributed by atoms with Crippen LogP contribution < -0.4 is 10.6 Å². The van der Waals surface area contributed by atoms with Crippen LogP contribution in [0.3, 0.4) is 0 Å². The van der Waals surface area contributed by atoms with Crippen molar-refractivity contribution in [3.05, 3.63) is 77.9 Å². The number of nitrogens with one attached hydrogen (secondary N) is 2. The fraction of sp³-hybridized carbons (Fsp3) is 0.432. The lowest BCUT2D eigenvalue weighted by Gasteiger charge is -2.29. The van der Waals surface area contributed by atoms with Crippen molar-refractivity contribution in [1.82, 2.24) is 29.0 Å². The van der Waals surface area contributed by atoms with E-state index in [-0.39, 0.29) is 23.9 Å². The fourth-order valence-electron chi connectivity index (χ4n) is 6.51. The minimum atomic E-state index is -3.50. The van der Waals surface area contributed by atoms with Crippen LogP contribution in [0.1, 0.15) is 72.9 Å². The summed E-state index contributed by atoms with van der Waals surface area (Å²) in [7, 11) is -3.50. The molecule has 3 aliphatic rings. The van der Waals surface area contributed by atoms with Crippen LogP contribution in [0.15, 0.2) is 61.2 Å². The molecule has 4 N–H and O–H groups in total. The fourth-order valence-corrected chi connectivity index (χ4v) is 7.98. The number of carbonyl (C=O) groups excluding carboxylic acids is 1. The van der Waals surface area contributed by atoms with Crippen LogP contribution in [-0.4, -0.2) is 91.2 Å². The zero-order chi connectivity index (χ0) is 35.4. The molecule has 0 bridgehead atoms. The number of benzene rings is 1. The summed E-state index contributed by atoms with van der Waals surface area (Å²) in [6.45, 7) is 2.10. The third kappa shape index (κ3) is 8.39. The van der Waals surface area contributed by atoms with Crippen molar-refractivity contribution in [2.75, 3.05) is 36.9 Å². The van der Waals surface area contributed by atoms with Crippen LogP contribution in [0.25, 0.3) is 11.4 Å². The average molecular weight is 711 g/mol. The van der Waals surface area contributed by atoms with Crippen molar-refractivity contribution in [2.45, 2.75) is 62.7 Å². The first-order chi connectivity index (χ1) is 24.7. The van der Waals surface area contributed by atoms with Crippen LogP contribution in [0, 0.1) is 23.7 Å². The molecule has 4 heterocycles. The number of amides is 1. The number of aromatic nitrogens is 5. The summed E-state index contributed by atoms with van der Waals surface area (Å²) in [5.74, 6) is 8.63. The number of hydrogen-bond acceptors (Lipinski definition) is 11. The van der Waals surface area contributed by atoms with Gasteiger partial charge in [-0.2, -0.15) is 9.19 Å². The summed E-state index contributed by atoms with van der Waals surface area (Å²) in [4.78, 5) is 28.3. The molecule has 1 aromatic carbocycles. The number of piperidine rings is 1. The van der Waals surface area contributed by atoms with E-state index in [0.717, 1.165) is 47.6 Å². The highest BCUT2D eigenvalue weighted by Gasteiger charge is 2.37. The van der Waals surface area contributed by atoms with Crippen LogP contribution in [0.2, 0.25) is 0 Å². The number of pyridine rings is 1. The third-order valence-corrected chi connectivity index (χ3v) is 11.9. The van der Waals surface area contributed by atoms with Gasteiger partial charge in [0.05, 0.1) is 40.6 Å². The van der Waals surface area contributed by atoms with Gasteiger partial charge in [0.25, 0.3) is 15.9 Å². The second kappa shape index (κ2) is 15.2. The van der Waals surface area contributed by atoms with E-state index in [4.69, 9.17) is 0 Å². The zero-order valence-corrected chi connectivity index (χ0v) is 29.1. The Bertz CT molecular complexity index is 2020. The number of nitrogens with zero attached hydrogens (tertiary/aromatic N) is 6. The molecule has 1 saturated heterocycles. The van der Waals surface area contributed by atoms with Gasteiger partial charge in [-0.3, -0.25) is 4.79 Å². The molecule has 0 unspecified atom stereocenters. The van der Waals surface area contributed by atoms with Crippen molar-refractivity contribution < 1.29 is 23.4 Å². The lowest BCUT2D eigenvalue weighted by Crippen LogP contribution is -2.40. The van der Waals surface area contributed by atoms with Crippen LogP contribution >= 0.6 is 0 Å². The molecule has 7 rings (SSSR count). The van der Waals surface area contributed by atoms with E-state index in [2.05, 4.69) is 42.5 Å². The number of carbonyl (C=O) groups is 1. The van der Waals surface area contributed by atoms with E-state index in [1.165, 1.54) is 12.4 Å². The van der Waals surface area contributed by atoms with Gasteiger partial charge in [-0.25, -0.2) is 23.4 Å². The summed E-state index contributed by atoms with van der Waals surface area (Å²) in [5.41, 5.74) is 3.37. The Morgan fingerprint density at radius 1 is 0.902 bits per heavy atom. The van der Waals surface area contributed by atoms with E-state index in [9.17, 15) is 23.4 Å². The van der Waals surface area contributed by atoms with Gasteiger partial charge >= 0.3 is 0 Å². The van der Waals surface area contributed by atoms with E-state index < -0.39 is 10.0 Å². The van der Waals surface area contributed by atoms with Crippen LogP contribution in [0.4, 0.5) is 17.3 Å². The molecule has 266 valence electrons. The number of rotatable bonds is 10. The molecular formula is C37H42N8O5S. The number of aliphatic hydroxyl groups is 2. The Hall–Kier alpha value is -4.84. The highest BCUT2D eigenvalue weighted by Crippen LogP contribution is 2.31. The van der Waals surface area contributed by atoms with Crippen LogP contribution in [-0.2, 0) is 10.0 Å². The van der Waals surface area contributed by atoms with Crippen molar-refractivity contribution in [2.24, 2.45) is 11.8 Å². The van der Waals surface area contributed by atoms with E-state index in [1.807, 2.05) is 18.2 Å². The number of aliphatic hydroxyl groups excluding tert-OH is 2. The number of anilines is 3. The summed E-state index contributed by atoms with van der Waals surface area (Å²) >= 11 is 0. The average Bonchev–Trinajstić information content (AvgIpc) is 3.91. The molecule has 14 heteroatoms. The summed E-state index contributed by atoms with van der Waals surface area (Å²) in [6.07, 6.45) is 12.5. The molecular weight excluding hydrogens is 669 g/mol. The van der Waals surface area contributed by atoms with Gasteiger partial charge in [0, 0.05) is 55.8 Å². The number of hydrogen-bond donors (Lipinski definition) is 4. The highest BCUT2D eigenvalue weighted by atomic mass is 32.2. The molecule has 3 aromatic heterocycles. The smallest absolute Gasteiger partial charge is 0.256 e. The second-order valence-electron chi connectivity index (χ2n) is 13.7. The lowest BCUT2D eigenvalue weighted by atomic mass is 9.82. The molecule has 0 spiro atoms. The van der Waals surface area contributed by atoms with Crippen molar-refractivity contribution in [3.63, 3.8) is 0 Å². The molecule has 0 atom stereocenters.